The molecule has 1 saturated heterocycles. The first-order valence-electron chi connectivity index (χ1n) is 24.7. The molecule has 22 nitrogen and oxygen atoms in total. The zero-order valence-electron chi connectivity index (χ0n) is 42.8. The first-order valence-corrected chi connectivity index (χ1v) is 25.6. The largest absolute Gasteiger partial charge is 0.493 e. The molecule has 0 bridgehead atoms. The number of carbonyl (C=O) groups excluding carboxylic acids is 4. The lowest BCUT2D eigenvalue weighted by Crippen LogP contribution is -2.58. The fourth-order valence-corrected chi connectivity index (χ4v) is 9.74. The topological polar surface area (TPSA) is 290 Å². The summed E-state index contributed by atoms with van der Waals surface area (Å²) in [4.78, 5) is 69.2. The normalized spacial score (nSPS) is 18.2. The van der Waals surface area contributed by atoms with Gasteiger partial charge in [-0.05, 0) is 36.3 Å². The van der Waals surface area contributed by atoms with E-state index in [0.717, 1.165) is 47.4 Å². The molecule has 0 spiro atoms. The Labute approximate surface area is 434 Å². The van der Waals surface area contributed by atoms with Gasteiger partial charge in [0, 0.05) is 61.8 Å². The van der Waals surface area contributed by atoms with Gasteiger partial charge in [0.2, 0.25) is 29.4 Å². The first kappa shape index (κ1) is 55.1. The number of nitrogens with one attached hydrogen (secondary N) is 4. The molecular formula is C51H69N11O11S. The van der Waals surface area contributed by atoms with Crippen LogP contribution in [-0.2, 0) is 35.1 Å². The molecule has 4 amide bonds. The molecule has 0 radical (unpaired) electrons. The Morgan fingerprint density at radius 3 is 2.24 bits per heavy atom. The van der Waals surface area contributed by atoms with Gasteiger partial charge in [-0.2, -0.15) is 4.98 Å². The van der Waals surface area contributed by atoms with Crippen LogP contribution in [0.1, 0.15) is 74.5 Å². The number of primary amides is 1. The lowest BCUT2D eigenvalue weighted by Gasteiger charge is -2.35. The van der Waals surface area contributed by atoms with Crippen LogP contribution in [0.15, 0.2) is 54.3 Å². The number of nitrogens with zero attached hydrogens (tertiary/aromatic N) is 5. The number of β-amino-alcohol motifs (C(OH)–C–C–N with tert-alkyl or cyclic N) is 1. The van der Waals surface area contributed by atoms with E-state index in [1.54, 1.807) is 45.8 Å². The predicted octanol–water partition coefficient (Wildman–Crippen LogP) is 3.94. The van der Waals surface area contributed by atoms with Crippen molar-refractivity contribution in [2.45, 2.75) is 96.6 Å². The summed E-state index contributed by atoms with van der Waals surface area (Å²) in [6.45, 7) is 8.43. The van der Waals surface area contributed by atoms with Gasteiger partial charge < -0.3 is 71.2 Å². The molecule has 4 heterocycles. The molecule has 2 fully saturated rings. The van der Waals surface area contributed by atoms with Crippen LogP contribution in [0, 0.1) is 12.3 Å². The number of aromatic nitrogens is 4. The summed E-state index contributed by atoms with van der Waals surface area (Å²) in [5.74, 6) is -0.417. The number of aliphatic hydroxyl groups excluding tert-OH is 1. The van der Waals surface area contributed by atoms with Crippen LogP contribution in [0.2, 0.25) is 0 Å². The van der Waals surface area contributed by atoms with Gasteiger partial charge in [0.1, 0.15) is 30.9 Å². The maximum Gasteiger partial charge on any atom is 0.256 e. The number of hydrogen-bond acceptors (Lipinski definition) is 18. The second-order valence-electron chi connectivity index (χ2n) is 19.2. The number of amides is 4. The summed E-state index contributed by atoms with van der Waals surface area (Å²) in [6, 6.07) is 9.23. The molecule has 1 aliphatic heterocycles. The number of methoxy groups -OCH3 is 2. The number of imidazole rings is 1. The van der Waals surface area contributed by atoms with Crippen molar-refractivity contribution in [3.05, 3.63) is 71.1 Å². The van der Waals surface area contributed by atoms with Gasteiger partial charge in [0.15, 0.2) is 23.0 Å². The van der Waals surface area contributed by atoms with E-state index in [1.807, 2.05) is 52.0 Å². The molecule has 23 heteroatoms. The maximum atomic E-state index is 14.0. The number of hydrogen-bond donors (Lipinski definition) is 7. The van der Waals surface area contributed by atoms with Gasteiger partial charge in [0.05, 0.1) is 69.4 Å². The highest BCUT2D eigenvalue weighted by Crippen LogP contribution is 2.41. The number of rotatable bonds is 25. The number of aryl methyl sites for hydroxylation is 1. The van der Waals surface area contributed by atoms with E-state index in [1.165, 1.54) is 19.1 Å². The Balaban J connectivity index is 0.817. The SMILES string of the molecule is COc1cc(Nc2nc(N[C@H]3CCCC[C@H]3N)n3ccnc3c2C(N)=O)cc(OC)c1OCCOCCOCCOCC(=O)N[C@H](C(=O)N1C[C@H](O)C[C@H]1C(=O)NCc1ccc(-c2scnc2C)cc1)C(C)(C)C. The van der Waals surface area contributed by atoms with E-state index in [-0.39, 0.29) is 95.1 Å². The standard InChI is InChI=1S/C51H69N11O11S/c1-30-43(74-29-56-30)32-13-11-31(12-14-32)26-55-48(66)37-25-34(63)27-62(37)49(67)44(51(2,3)4)59-40(64)28-72-20-19-70-17-18-71-21-22-73-42-38(68-5)23-33(24-39(42)69-6)57-46-41(45(53)65)47-54-15-16-61(47)50(60-46)58-36-10-8-7-9-35(36)52/h11-16,23-24,29,34-37,44,57,63H,7-10,17-22,25-28,52H2,1-6H3,(H2,53,65)(H,55,66)(H,58,60)(H,59,64)/t34-,35-,36+,37+,44-/m1/s1. The van der Waals surface area contributed by atoms with Crippen LogP contribution < -0.4 is 46.9 Å². The number of ether oxygens (including phenoxy) is 6. The zero-order valence-corrected chi connectivity index (χ0v) is 43.6. The van der Waals surface area contributed by atoms with Crippen molar-refractivity contribution in [2.75, 3.05) is 77.6 Å². The first-order chi connectivity index (χ1) is 35.6. The number of anilines is 3. The van der Waals surface area contributed by atoms with Crippen LogP contribution in [0.5, 0.6) is 17.2 Å². The van der Waals surface area contributed by atoms with Crippen molar-refractivity contribution in [1.29, 1.82) is 0 Å². The highest BCUT2D eigenvalue weighted by molar-refractivity contribution is 7.13. The highest BCUT2D eigenvalue weighted by atomic mass is 32.1. The average molecular weight is 1040 g/mol. The molecule has 2 aromatic carbocycles. The van der Waals surface area contributed by atoms with Crippen molar-refractivity contribution in [1.82, 2.24) is 34.9 Å². The van der Waals surface area contributed by atoms with E-state index < -0.39 is 41.3 Å². The van der Waals surface area contributed by atoms with E-state index in [4.69, 9.17) is 44.9 Å². The second kappa shape index (κ2) is 25.5. The van der Waals surface area contributed by atoms with Gasteiger partial charge >= 0.3 is 0 Å². The van der Waals surface area contributed by atoms with Crippen LogP contribution in [0.4, 0.5) is 17.5 Å². The third kappa shape index (κ3) is 13.9. The predicted molar refractivity (Wildman–Crippen MR) is 278 cm³/mol. The van der Waals surface area contributed by atoms with Crippen LogP contribution >= 0.6 is 11.3 Å². The molecule has 74 heavy (non-hydrogen) atoms. The zero-order chi connectivity index (χ0) is 52.9. The minimum absolute atomic E-state index is 0.0111. The van der Waals surface area contributed by atoms with Crippen molar-refractivity contribution in [2.24, 2.45) is 16.9 Å². The third-order valence-corrected chi connectivity index (χ3v) is 13.8. The Bertz CT molecular complexity index is 2690. The third-order valence-electron chi connectivity index (χ3n) is 12.8. The molecule has 2 aliphatic rings. The van der Waals surface area contributed by atoms with E-state index in [2.05, 4.69) is 31.2 Å². The monoisotopic (exact) mass is 1040 g/mol. The molecular weight excluding hydrogens is 975 g/mol. The summed E-state index contributed by atoms with van der Waals surface area (Å²) in [7, 11) is 2.99. The van der Waals surface area contributed by atoms with Crippen LogP contribution in [0.25, 0.3) is 16.1 Å². The summed E-state index contributed by atoms with van der Waals surface area (Å²) in [5, 5.41) is 22.9. The summed E-state index contributed by atoms with van der Waals surface area (Å²) in [5.41, 5.74) is 17.2. The van der Waals surface area contributed by atoms with Gasteiger partial charge in [-0.1, -0.05) is 57.9 Å². The van der Waals surface area contributed by atoms with Crippen molar-refractivity contribution >= 4 is 58.1 Å². The Hall–Kier alpha value is -6.63. The van der Waals surface area contributed by atoms with Gasteiger partial charge in [0.25, 0.3) is 5.91 Å². The minimum atomic E-state index is -0.994. The number of benzene rings is 2. The van der Waals surface area contributed by atoms with Crippen molar-refractivity contribution in [3.8, 4) is 27.7 Å². The van der Waals surface area contributed by atoms with Crippen molar-refractivity contribution in [3.63, 3.8) is 0 Å². The summed E-state index contributed by atoms with van der Waals surface area (Å²) >= 11 is 1.56. The molecule has 3 aromatic heterocycles. The van der Waals surface area contributed by atoms with E-state index >= 15 is 0 Å². The van der Waals surface area contributed by atoms with Gasteiger partial charge in [-0.25, -0.2) is 9.97 Å². The highest BCUT2D eigenvalue weighted by Gasteiger charge is 2.44. The number of aliphatic hydroxyl groups is 1. The van der Waals surface area contributed by atoms with Crippen molar-refractivity contribution < 1.29 is 52.7 Å². The number of thiazole rings is 1. The number of nitrogens with two attached hydrogens (primary N) is 2. The molecule has 0 unspecified atom stereocenters. The lowest BCUT2D eigenvalue weighted by atomic mass is 9.85. The Morgan fingerprint density at radius 1 is 0.932 bits per heavy atom. The Morgan fingerprint density at radius 2 is 1.61 bits per heavy atom. The molecule has 9 N–H and O–H groups in total. The fourth-order valence-electron chi connectivity index (χ4n) is 8.93. The molecule has 400 valence electrons. The minimum Gasteiger partial charge on any atom is -0.493 e. The average Bonchev–Trinajstić information content (AvgIpc) is 4.14. The van der Waals surface area contributed by atoms with Gasteiger partial charge in [-0.3, -0.25) is 23.6 Å². The summed E-state index contributed by atoms with van der Waals surface area (Å²) in [6.07, 6.45) is 6.35. The fraction of sp³-hybridized carbons (Fsp3) is 0.510. The van der Waals surface area contributed by atoms with Crippen LogP contribution in [0.3, 0.4) is 0 Å². The summed E-state index contributed by atoms with van der Waals surface area (Å²) < 4.78 is 35.9. The maximum absolute atomic E-state index is 14.0. The van der Waals surface area contributed by atoms with Crippen LogP contribution in [-0.4, -0.2) is 150 Å². The smallest absolute Gasteiger partial charge is 0.256 e. The number of likely N-dealkylation sites (tertiary alicyclic amines) is 1. The van der Waals surface area contributed by atoms with E-state index in [0.29, 0.717) is 34.5 Å². The molecule has 7 rings (SSSR count). The molecule has 1 aliphatic carbocycles. The number of fused-ring (bicyclic) bond motifs is 1. The lowest BCUT2D eigenvalue weighted by molar-refractivity contribution is -0.144. The molecule has 1 saturated carbocycles. The Kier molecular flexibility index (Phi) is 19.0. The quantitative estimate of drug-likeness (QED) is 0.0408. The second-order valence-corrected chi connectivity index (χ2v) is 20.1. The number of carbonyl (C=O) groups is 4. The molecule has 5 aromatic rings. The van der Waals surface area contributed by atoms with E-state index in [9.17, 15) is 24.3 Å². The van der Waals surface area contributed by atoms with Gasteiger partial charge in [-0.15, -0.1) is 11.3 Å². The molecule has 5 atom stereocenters.